The van der Waals surface area contributed by atoms with Crippen molar-refractivity contribution in [1.82, 2.24) is 0 Å². The fourth-order valence-electron chi connectivity index (χ4n) is 6.78. The van der Waals surface area contributed by atoms with Gasteiger partial charge in [-0.3, -0.25) is 0 Å². The maximum atomic E-state index is 6.36. The van der Waals surface area contributed by atoms with Crippen LogP contribution in [0.25, 0.3) is 87.3 Å². The first-order chi connectivity index (χ1) is 20.3. The number of hydrogen-bond acceptors (Lipinski definition) is 1. The summed E-state index contributed by atoms with van der Waals surface area (Å²) < 4.78 is 6.36. The normalized spacial score (nSPS) is 11.9. The molecule has 1 aromatic heterocycles. The predicted octanol–water partition coefficient (Wildman–Crippen LogP) is 11.5. The highest BCUT2D eigenvalue weighted by Crippen LogP contribution is 2.47. The van der Waals surface area contributed by atoms with Crippen molar-refractivity contribution in [1.29, 1.82) is 0 Å². The third-order valence-corrected chi connectivity index (χ3v) is 8.60. The molecule has 0 radical (unpaired) electrons. The van der Waals surface area contributed by atoms with Gasteiger partial charge >= 0.3 is 0 Å². The molecule has 190 valence electrons. The largest absolute Gasteiger partial charge is 0.456 e. The Morgan fingerprint density at radius 3 is 1.76 bits per heavy atom. The summed E-state index contributed by atoms with van der Waals surface area (Å²) in [5.74, 6) is 0. The van der Waals surface area contributed by atoms with Gasteiger partial charge in [0.1, 0.15) is 11.2 Å². The summed E-state index contributed by atoms with van der Waals surface area (Å²) in [5, 5.41) is 12.3. The third-order valence-electron chi connectivity index (χ3n) is 8.60. The van der Waals surface area contributed by atoms with Gasteiger partial charge in [-0.1, -0.05) is 121 Å². The van der Waals surface area contributed by atoms with Crippen molar-refractivity contribution in [2.24, 2.45) is 0 Å². The van der Waals surface area contributed by atoms with Gasteiger partial charge in [-0.2, -0.15) is 0 Å². The average Bonchev–Trinajstić information content (AvgIpc) is 3.39. The van der Waals surface area contributed by atoms with Gasteiger partial charge in [0, 0.05) is 10.8 Å². The molecule has 0 fully saturated rings. The van der Waals surface area contributed by atoms with Crippen LogP contribution in [0, 0.1) is 0 Å². The first kappa shape index (κ1) is 22.4. The molecule has 0 N–H and O–H groups in total. The van der Waals surface area contributed by atoms with E-state index in [2.05, 4.69) is 146 Å². The zero-order valence-electron chi connectivity index (χ0n) is 22.3. The Bertz CT molecular complexity index is 2460. The molecular formula is C40H24O. The fourth-order valence-corrected chi connectivity index (χ4v) is 6.78. The Kier molecular flexibility index (Phi) is 4.67. The van der Waals surface area contributed by atoms with Crippen molar-refractivity contribution in [3.8, 4) is 22.3 Å². The molecule has 0 saturated heterocycles. The van der Waals surface area contributed by atoms with Crippen molar-refractivity contribution in [3.05, 3.63) is 146 Å². The van der Waals surface area contributed by atoms with E-state index < -0.39 is 0 Å². The fraction of sp³-hybridized carbons (Fsp3) is 0. The Morgan fingerprint density at radius 1 is 0.317 bits per heavy atom. The first-order valence-electron chi connectivity index (χ1n) is 14.1. The SMILES string of the molecule is c1ccc(-c2c3ccccc3c(-c3ccc4oc5cc6ccccc6cc5c4c3)c3ccc4ccccc4c23)cc1. The monoisotopic (exact) mass is 520 g/mol. The van der Waals surface area contributed by atoms with E-state index >= 15 is 0 Å². The van der Waals surface area contributed by atoms with Gasteiger partial charge in [0.15, 0.2) is 0 Å². The van der Waals surface area contributed by atoms with E-state index in [1.54, 1.807) is 0 Å². The highest BCUT2D eigenvalue weighted by molar-refractivity contribution is 6.28. The number of furan rings is 1. The second kappa shape index (κ2) is 8.55. The molecule has 0 aliphatic heterocycles. The molecule has 9 aromatic rings. The van der Waals surface area contributed by atoms with Gasteiger partial charge in [0.2, 0.25) is 0 Å². The first-order valence-corrected chi connectivity index (χ1v) is 14.1. The van der Waals surface area contributed by atoms with E-state index in [1.165, 1.54) is 65.3 Å². The van der Waals surface area contributed by atoms with Crippen LogP contribution in [0.3, 0.4) is 0 Å². The molecule has 0 aliphatic rings. The summed E-state index contributed by atoms with van der Waals surface area (Å²) >= 11 is 0. The van der Waals surface area contributed by atoms with Crippen molar-refractivity contribution < 1.29 is 4.42 Å². The second-order valence-corrected chi connectivity index (χ2v) is 10.9. The van der Waals surface area contributed by atoms with Gasteiger partial charge in [0.05, 0.1) is 0 Å². The van der Waals surface area contributed by atoms with Crippen LogP contribution < -0.4 is 0 Å². The standard InChI is InChI=1S/C40H24O/c1-2-11-26(12-3-1)39-32-17-9-8-16-31(32)38(33-20-18-25-10-6-7-15-30(25)40(33)39)29-19-21-36-34(23-29)35-22-27-13-4-5-14-28(27)24-37(35)41-36/h1-24H. The van der Waals surface area contributed by atoms with Crippen LogP contribution >= 0.6 is 0 Å². The lowest BCUT2D eigenvalue weighted by Crippen LogP contribution is -1.92. The smallest absolute Gasteiger partial charge is 0.136 e. The van der Waals surface area contributed by atoms with E-state index in [9.17, 15) is 0 Å². The molecule has 8 aromatic carbocycles. The van der Waals surface area contributed by atoms with Crippen molar-refractivity contribution in [2.45, 2.75) is 0 Å². The lowest BCUT2D eigenvalue weighted by Gasteiger charge is -2.19. The average molecular weight is 521 g/mol. The molecule has 0 unspecified atom stereocenters. The highest BCUT2D eigenvalue weighted by Gasteiger charge is 2.19. The van der Waals surface area contributed by atoms with Crippen LogP contribution in [0.4, 0.5) is 0 Å². The van der Waals surface area contributed by atoms with Crippen molar-refractivity contribution >= 4 is 65.0 Å². The van der Waals surface area contributed by atoms with E-state index in [-0.39, 0.29) is 0 Å². The van der Waals surface area contributed by atoms with Crippen LogP contribution in [0.5, 0.6) is 0 Å². The Hall–Kier alpha value is -5.40. The van der Waals surface area contributed by atoms with Crippen LogP contribution in [-0.4, -0.2) is 0 Å². The molecule has 9 rings (SSSR count). The van der Waals surface area contributed by atoms with Gasteiger partial charge in [-0.15, -0.1) is 0 Å². The Morgan fingerprint density at radius 2 is 0.951 bits per heavy atom. The summed E-state index contributed by atoms with van der Waals surface area (Å²) in [6, 6.07) is 52.7. The van der Waals surface area contributed by atoms with Crippen LogP contribution in [0.2, 0.25) is 0 Å². The number of benzene rings is 8. The van der Waals surface area contributed by atoms with Crippen LogP contribution in [0.15, 0.2) is 150 Å². The molecule has 0 aliphatic carbocycles. The summed E-state index contributed by atoms with van der Waals surface area (Å²) in [6.45, 7) is 0. The summed E-state index contributed by atoms with van der Waals surface area (Å²) in [5.41, 5.74) is 6.83. The minimum absolute atomic E-state index is 0.916. The maximum absolute atomic E-state index is 6.36. The molecular weight excluding hydrogens is 496 g/mol. The van der Waals surface area contributed by atoms with E-state index in [4.69, 9.17) is 4.42 Å². The predicted molar refractivity (Wildman–Crippen MR) is 175 cm³/mol. The van der Waals surface area contributed by atoms with Gasteiger partial charge in [-0.05, 0) is 89.6 Å². The Balaban J connectivity index is 1.44. The summed E-state index contributed by atoms with van der Waals surface area (Å²) in [6.07, 6.45) is 0. The molecule has 0 saturated carbocycles. The molecule has 0 amide bonds. The van der Waals surface area contributed by atoms with Crippen molar-refractivity contribution in [3.63, 3.8) is 0 Å². The zero-order valence-corrected chi connectivity index (χ0v) is 22.3. The van der Waals surface area contributed by atoms with E-state index in [0.717, 1.165) is 21.9 Å². The quantitative estimate of drug-likeness (QED) is 0.163. The van der Waals surface area contributed by atoms with Crippen LogP contribution in [0.1, 0.15) is 0 Å². The van der Waals surface area contributed by atoms with Crippen LogP contribution in [-0.2, 0) is 0 Å². The lowest BCUT2D eigenvalue weighted by molar-refractivity contribution is 0.669. The molecule has 41 heavy (non-hydrogen) atoms. The number of rotatable bonds is 2. The molecule has 1 nitrogen and oxygen atoms in total. The molecule has 1 heterocycles. The zero-order chi connectivity index (χ0) is 26.9. The molecule has 1 heteroatoms. The number of hydrogen-bond donors (Lipinski definition) is 0. The van der Waals surface area contributed by atoms with Crippen molar-refractivity contribution in [2.75, 3.05) is 0 Å². The molecule has 0 spiro atoms. The van der Waals surface area contributed by atoms with Gasteiger partial charge in [0.25, 0.3) is 0 Å². The summed E-state index contributed by atoms with van der Waals surface area (Å²) in [4.78, 5) is 0. The number of fused-ring (bicyclic) bond motifs is 8. The van der Waals surface area contributed by atoms with E-state index in [1.807, 2.05) is 0 Å². The minimum Gasteiger partial charge on any atom is -0.456 e. The maximum Gasteiger partial charge on any atom is 0.136 e. The van der Waals surface area contributed by atoms with Gasteiger partial charge < -0.3 is 4.42 Å². The van der Waals surface area contributed by atoms with E-state index in [0.29, 0.717) is 0 Å². The van der Waals surface area contributed by atoms with Gasteiger partial charge in [-0.25, -0.2) is 0 Å². The topological polar surface area (TPSA) is 13.1 Å². The molecule has 0 bridgehead atoms. The Labute approximate surface area is 236 Å². The minimum atomic E-state index is 0.916. The summed E-state index contributed by atoms with van der Waals surface area (Å²) in [7, 11) is 0. The highest BCUT2D eigenvalue weighted by atomic mass is 16.3. The molecule has 0 atom stereocenters. The third kappa shape index (κ3) is 3.30. The lowest BCUT2D eigenvalue weighted by atomic mass is 9.84. The second-order valence-electron chi connectivity index (χ2n) is 10.9.